The van der Waals surface area contributed by atoms with E-state index in [-0.39, 0.29) is 16.1 Å². The van der Waals surface area contributed by atoms with Gasteiger partial charge in [0.25, 0.3) is 11.8 Å². The van der Waals surface area contributed by atoms with Crippen LogP contribution in [-0.2, 0) is 15.0 Å². The van der Waals surface area contributed by atoms with E-state index in [0.717, 1.165) is 10.5 Å². The van der Waals surface area contributed by atoms with E-state index in [2.05, 4.69) is 31.3 Å². The molecule has 4 aromatic carbocycles. The highest BCUT2D eigenvalue weighted by Crippen LogP contribution is 2.33. The van der Waals surface area contributed by atoms with Crippen LogP contribution in [0.4, 0.5) is 11.4 Å². The van der Waals surface area contributed by atoms with Gasteiger partial charge in [-0.05, 0) is 71.8 Å². The van der Waals surface area contributed by atoms with Gasteiger partial charge in [-0.3, -0.25) is 9.59 Å². The molecule has 1 aliphatic rings. The SMILES string of the molecule is CC(C)(c1ccccc1)c1ccc(OC(=O)c2ccc(NC3=C(Cl)C(=O)N(c4ccc(Cl)cc4)C3=O)cc2)cc1. The number of anilines is 2. The molecule has 40 heavy (non-hydrogen) atoms. The largest absolute Gasteiger partial charge is 0.423 e. The molecule has 8 heteroatoms. The van der Waals surface area contributed by atoms with Crippen molar-refractivity contribution >= 4 is 52.4 Å². The highest BCUT2D eigenvalue weighted by Gasteiger charge is 2.39. The first kappa shape index (κ1) is 27.2. The van der Waals surface area contributed by atoms with Crippen LogP contribution in [0.15, 0.2) is 114 Å². The van der Waals surface area contributed by atoms with Crippen LogP contribution in [0.5, 0.6) is 5.75 Å². The molecular formula is C32H24Cl2N2O4. The van der Waals surface area contributed by atoms with E-state index in [9.17, 15) is 14.4 Å². The van der Waals surface area contributed by atoms with Crippen molar-refractivity contribution in [2.75, 3.05) is 10.2 Å². The van der Waals surface area contributed by atoms with Crippen LogP contribution >= 0.6 is 23.2 Å². The molecule has 0 unspecified atom stereocenters. The average molecular weight is 571 g/mol. The van der Waals surface area contributed by atoms with Gasteiger partial charge in [0.15, 0.2) is 0 Å². The third-order valence-electron chi connectivity index (χ3n) is 6.78. The number of ether oxygens (including phenoxy) is 1. The molecule has 0 atom stereocenters. The zero-order valence-electron chi connectivity index (χ0n) is 21.7. The molecule has 1 heterocycles. The van der Waals surface area contributed by atoms with Crippen LogP contribution in [-0.4, -0.2) is 17.8 Å². The van der Waals surface area contributed by atoms with Crippen LogP contribution in [0.25, 0.3) is 0 Å². The Morgan fingerprint density at radius 3 is 1.98 bits per heavy atom. The van der Waals surface area contributed by atoms with Gasteiger partial charge in [0.05, 0.1) is 11.3 Å². The van der Waals surface area contributed by atoms with E-state index in [0.29, 0.717) is 27.7 Å². The maximum Gasteiger partial charge on any atom is 0.343 e. The molecule has 1 N–H and O–H groups in total. The minimum Gasteiger partial charge on any atom is -0.423 e. The lowest BCUT2D eigenvalue weighted by atomic mass is 9.78. The summed E-state index contributed by atoms with van der Waals surface area (Å²) in [6, 6.07) is 30.2. The zero-order valence-corrected chi connectivity index (χ0v) is 23.2. The molecule has 0 aliphatic carbocycles. The first-order chi connectivity index (χ1) is 19.1. The Hall–Kier alpha value is -4.39. The molecule has 4 aromatic rings. The van der Waals surface area contributed by atoms with Crippen LogP contribution in [0.2, 0.25) is 5.02 Å². The molecule has 6 nitrogen and oxygen atoms in total. The summed E-state index contributed by atoms with van der Waals surface area (Å²) in [6.07, 6.45) is 0. The van der Waals surface area contributed by atoms with Gasteiger partial charge in [0.2, 0.25) is 0 Å². The number of rotatable bonds is 7. The van der Waals surface area contributed by atoms with E-state index < -0.39 is 17.8 Å². The summed E-state index contributed by atoms with van der Waals surface area (Å²) in [7, 11) is 0. The van der Waals surface area contributed by atoms with Crippen LogP contribution in [0.1, 0.15) is 35.3 Å². The Kier molecular flexibility index (Phi) is 7.48. The number of benzene rings is 4. The van der Waals surface area contributed by atoms with Crippen molar-refractivity contribution in [3.05, 3.63) is 136 Å². The van der Waals surface area contributed by atoms with Gasteiger partial charge in [0.1, 0.15) is 16.5 Å². The van der Waals surface area contributed by atoms with Gasteiger partial charge in [0, 0.05) is 16.1 Å². The summed E-state index contributed by atoms with van der Waals surface area (Å²) < 4.78 is 5.56. The second-order valence-corrected chi connectivity index (χ2v) is 10.5. The summed E-state index contributed by atoms with van der Waals surface area (Å²) in [5, 5.41) is 3.13. The lowest BCUT2D eigenvalue weighted by Crippen LogP contribution is -2.32. The molecule has 0 fully saturated rings. The summed E-state index contributed by atoms with van der Waals surface area (Å²) in [5.74, 6) is -1.34. The maximum atomic E-state index is 13.0. The molecule has 0 bridgehead atoms. The van der Waals surface area contributed by atoms with Gasteiger partial charge in [-0.2, -0.15) is 0 Å². The molecule has 0 aromatic heterocycles. The normalized spacial score (nSPS) is 13.6. The van der Waals surface area contributed by atoms with E-state index in [1.165, 1.54) is 5.56 Å². The lowest BCUT2D eigenvalue weighted by Gasteiger charge is -2.26. The number of esters is 1. The lowest BCUT2D eigenvalue weighted by molar-refractivity contribution is -0.120. The van der Waals surface area contributed by atoms with Gasteiger partial charge in [-0.15, -0.1) is 0 Å². The number of hydrogen-bond donors (Lipinski definition) is 1. The third kappa shape index (κ3) is 5.37. The highest BCUT2D eigenvalue weighted by molar-refractivity contribution is 6.53. The highest BCUT2D eigenvalue weighted by atomic mass is 35.5. The fourth-order valence-electron chi connectivity index (χ4n) is 4.40. The standard InChI is InChI=1S/C32H24Cl2N2O4/c1-32(2,21-6-4-3-5-7-21)22-10-18-26(19-11-22)40-31(39)20-8-14-24(15-9-20)35-28-27(34)29(37)36(30(28)38)25-16-12-23(33)13-17-25/h3-19,35H,1-2H3. The van der Waals surface area contributed by atoms with Crippen molar-refractivity contribution in [2.24, 2.45) is 0 Å². The fraction of sp³-hybridized carbons (Fsp3) is 0.0938. The monoisotopic (exact) mass is 570 g/mol. The molecule has 0 saturated carbocycles. The molecule has 5 rings (SSSR count). The minimum absolute atomic E-state index is 0.0598. The number of carbonyl (C=O) groups is 3. The summed E-state index contributed by atoms with van der Waals surface area (Å²) >= 11 is 12.1. The van der Waals surface area contributed by atoms with Crippen LogP contribution < -0.4 is 15.0 Å². The Labute approximate surface area is 241 Å². The van der Waals surface area contributed by atoms with E-state index >= 15 is 0 Å². The molecule has 1 aliphatic heterocycles. The number of halogens is 2. The first-order valence-corrected chi connectivity index (χ1v) is 13.2. The quantitative estimate of drug-likeness (QED) is 0.143. The third-order valence-corrected chi connectivity index (χ3v) is 7.39. The number of amides is 2. The molecule has 200 valence electrons. The minimum atomic E-state index is -0.644. The van der Waals surface area contributed by atoms with Crippen LogP contribution in [0, 0.1) is 0 Å². The Bertz CT molecular complexity index is 1610. The first-order valence-electron chi connectivity index (χ1n) is 12.4. The topological polar surface area (TPSA) is 75.7 Å². The van der Waals surface area contributed by atoms with Crippen molar-refractivity contribution < 1.29 is 19.1 Å². The van der Waals surface area contributed by atoms with Crippen molar-refractivity contribution in [3.8, 4) is 5.75 Å². The second-order valence-electron chi connectivity index (χ2n) is 9.72. The molecule has 0 saturated heterocycles. The molecule has 0 radical (unpaired) electrons. The molecule has 0 spiro atoms. The Morgan fingerprint density at radius 2 is 1.35 bits per heavy atom. The zero-order chi connectivity index (χ0) is 28.4. The van der Waals surface area contributed by atoms with Gasteiger partial charge < -0.3 is 10.1 Å². The maximum absolute atomic E-state index is 13.0. The van der Waals surface area contributed by atoms with E-state index in [4.69, 9.17) is 27.9 Å². The molecule has 2 amide bonds. The number of nitrogens with zero attached hydrogens (tertiary/aromatic N) is 1. The van der Waals surface area contributed by atoms with E-state index in [1.54, 1.807) is 60.7 Å². The van der Waals surface area contributed by atoms with Gasteiger partial charge in [-0.25, -0.2) is 9.69 Å². The summed E-state index contributed by atoms with van der Waals surface area (Å²) in [5.41, 5.74) is 3.15. The second kappa shape index (κ2) is 11.0. The number of imide groups is 1. The van der Waals surface area contributed by atoms with Crippen molar-refractivity contribution in [2.45, 2.75) is 19.3 Å². The van der Waals surface area contributed by atoms with Crippen LogP contribution in [0.3, 0.4) is 0 Å². The van der Waals surface area contributed by atoms with Gasteiger partial charge in [-0.1, -0.05) is 79.5 Å². The van der Waals surface area contributed by atoms with Crippen molar-refractivity contribution in [3.63, 3.8) is 0 Å². The smallest absolute Gasteiger partial charge is 0.343 e. The van der Waals surface area contributed by atoms with Crippen molar-refractivity contribution in [1.29, 1.82) is 0 Å². The Morgan fingerprint density at radius 1 is 0.750 bits per heavy atom. The number of carbonyl (C=O) groups excluding carboxylic acids is 3. The predicted octanol–water partition coefficient (Wildman–Crippen LogP) is 7.32. The van der Waals surface area contributed by atoms with Crippen molar-refractivity contribution in [1.82, 2.24) is 0 Å². The van der Waals surface area contributed by atoms with Gasteiger partial charge >= 0.3 is 5.97 Å². The predicted molar refractivity (Wildman–Crippen MR) is 157 cm³/mol. The summed E-state index contributed by atoms with van der Waals surface area (Å²) in [4.78, 5) is 39.3. The number of hydrogen-bond acceptors (Lipinski definition) is 5. The summed E-state index contributed by atoms with van der Waals surface area (Å²) in [6.45, 7) is 4.29. The molecular weight excluding hydrogens is 547 g/mol. The average Bonchev–Trinajstić information content (AvgIpc) is 3.17. The fourth-order valence-corrected chi connectivity index (χ4v) is 4.74. The Balaban J connectivity index is 1.24. The van der Waals surface area contributed by atoms with E-state index in [1.807, 2.05) is 30.3 Å². The number of nitrogens with one attached hydrogen (secondary N) is 1.